The average molecular weight is 621 g/mol. The van der Waals surface area contributed by atoms with Crippen molar-refractivity contribution in [3.63, 3.8) is 0 Å². The summed E-state index contributed by atoms with van der Waals surface area (Å²) in [4.78, 5) is 0. The SMILES string of the molecule is C=C[Si]12O[Si]3(C)O[Si]4(C=C)O[Si](C=C)(O1)O[Si]1(C=C)O[Si](C=C)(O2)O[Si](C=C)(O3)O[Si](C=C)(O4)O1. The number of hydrogen-bond acceptors (Lipinski definition) is 12. The molecule has 0 aliphatic carbocycles. The fourth-order valence-electron chi connectivity index (χ4n) is 3.93. The lowest BCUT2D eigenvalue weighted by atomic mass is 11.3. The second-order valence-electron chi connectivity index (χ2n) is 7.74. The van der Waals surface area contributed by atoms with Crippen LogP contribution in [0.3, 0.4) is 0 Å². The van der Waals surface area contributed by atoms with Crippen molar-refractivity contribution in [2.24, 2.45) is 0 Å². The van der Waals surface area contributed by atoms with E-state index in [1.165, 1.54) is 39.9 Å². The Hall–Kier alpha value is -0.565. The summed E-state index contributed by atoms with van der Waals surface area (Å²) in [7, 11) is -32.1. The van der Waals surface area contributed by atoms with E-state index >= 15 is 0 Å². The second-order valence-corrected chi connectivity index (χ2v) is 30.6. The van der Waals surface area contributed by atoms with Crippen molar-refractivity contribution < 1.29 is 49.4 Å². The van der Waals surface area contributed by atoms with Gasteiger partial charge in [-0.15, -0.1) is 46.1 Å². The molecule has 0 radical (unpaired) electrons. The molecule has 0 aromatic rings. The summed E-state index contributed by atoms with van der Waals surface area (Å²) in [5.41, 5.74) is 9.65. The Balaban J connectivity index is 1.91. The van der Waals surface area contributed by atoms with E-state index < -0.39 is 70.4 Å². The van der Waals surface area contributed by atoms with Gasteiger partial charge >= 0.3 is 70.4 Å². The smallest absolute Gasteiger partial charge is 0.370 e. The van der Waals surface area contributed by atoms with Crippen LogP contribution in [0, 0.1) is 0 Å². The Bertz CT molecular complexity index is 913. The van der Waals surface area contributed by atoms with Gasteiger partial charge in [0, 0.05) is 6.55 Å². The zero-order chi connectivity index (χ0) is 25.4. The maximum absolute atomic E-state index is 6.52. The third-order valence-electron chi connectivity index (χ3n) is 5.29. The van der Waals surface area contributed by atoms with E-state index in [4.69, 9.17) is 49.4 Å². The molecule has 0 spiro atoms. The van der Waals surface area contributed by atoms with Crippen LogP contribution in [-0.2, 0) is 49.4 Å². The Kier molecular flexibility index (Phi) is 5.93. The van der Waals surface area contributed by atoms with Crippen molar-refractivity contribution in [3.05, 3.63) is 85.9 Å². The zero-order valence-corrected chi connectivity index (χ0v) is 26.9. The van der Waals surface area contributed by atoms with E-state index in [-0.39, 0.29) is 0 Å². The summed E-state index contributed by atoms with van der Waals surface area (Å²) in [5, 5.41) is 0. The maximum atomic E-state index is 6.52. The van der Waals surface area contributed by atoms with Gasteiger partial charge in [-0.2, -0.15) is 0 Å². The van der Waals surface area contributed by atoms with Gasteiger partial charge in [-0.3, -0.25) is 0 Å². The largest absolute Gasteiger partial charge is 0.507 e. The molecular weight excluding hydrogens is 597 g/mol. The lowest BCUT2D eigenvalue weighted by Crippen LogP contribution is -2.87. The molecule has 12 nitrogen and oxygen atoms in total. The van der Waals surface area contributed by atoms with E-state index in [2.05, 4.69) is 46.1 Å². The summed E-state index contributed by atoms with van der Waals surface area (Å²) >= 11 is 0. The number of rotatable bonds is 7. The molecule has 6 rings (SSSR count). The van der Waals surface area contributed by atoms with Gasteiger partial charge in [-0.1, -0.05) is 0 Å². The first-order valence-electron chi connectivity index (χ1n) is 10.3. The van der Waals surface area contributed by atoms with E-state index in [1.807, 2.05) is 0 Å². The lowest BCUT2D eigenvalue weighted by Gasteiger charge is -2.60. The van der Waals surface area contributed by atoms with Crippen molar-refractivity contribution in [2.45, 2.75) is 6.55 Å². The molecule has 6 aliphatic rings. The van der Waals surface area contributed by atoms with Crippen LogP contribution < -0.4 is 0 Å². The van der Waals surface area contributed by atoms with Gasteiger partial charge in [-0.05, 0) is 39.9 Å². The topological polar surface area (TPSA) is 111 Å². The quantitative estimate of drug-likeness (QED) is 0.385. The van der Waals surface area contributed by atoms with Crippen molar-refractivity contribution in [3.8, 4) is 0 Å². The Morgan fingerprint density at radius 3 is 0.600 bits per heavy atom. The third-order valence-corrected chi connectivity index (χ3v) is 37.1. The standard InChI is InChI=1S/C15H24O12Si8/c1-9-29-16-28(8)17-30(10-2)21-32(12-4,19-29)25-35(15-7)26-33(13-5,20-29)22-31(11-3,18-28)24-34(14-6,23-30)27-35/h9-15H,1-7H2,8H3. The van der Waals surface area contributed by atoms with Crippen molar-refractivity contribution >= 4 is 70.4 Å². The molecule has 6 fully saturated rings. The van der Waals surface area contributed by atoms with Gasteiger partial charge in [0.05, 0.1) is 0 Å². The molecule has 35 heavy (non-hydrogen) atoms. The van der Waals surface area contributed by atoms with Crippen LogP contribution in [0.4, 0.5) is 0 Å². The monoisotopic (exact) mass is 620 g/mol. The van der Waals surface area contributed by atoms with E-state index in [9.17, 15) is 0 Å². The lowest BCUT2D eigenvalue weighted by molar-refractivity contribution is -0.00733. The van der Waals surface area contributed by atoms with Gasteiger partial charge in [0.15, 0.2) is 0 Å². The summed E-state index contributed by atoms with van der Waals surface area (Å²) in [6.45, 7) is 28.9. The highest BCUT2D eigenvalue weighted by Gasteiger charge is 2.81. The summed E-state index contributed by atoms with van der Waals surface area (Å²) < 4.78 is 78.1. The Labute approximate surface area is 211 Å². The Morgan fingerprint density at radius 1 is 0.314 bits per heavy atom. The molecule has 188 valence electrons. The van der Waals surface area contributed by atoms with Crippen LogP contribution >= 0.6 is 0 Å². The van der Waals surface area contributed by atoms with Crippen LogP contribution in [0.2, 0.25) is 6.55 Å². The fourth-order valence-corrected chi connectivity index (χ4v) is 44.4. The molecule has 0 N–H and O–H groups in total. The van der Waals surface area contributed by atoms with E-state index in [0.29, 0.717) is 0 Å². The molecule has 0 atom stereocenters. The molecule has 0 amide bonds. The van der Waals surface area contributed by atoms with Crippen LogP contribution in [0.1, 0.15) is 0 Å². The van der Waals surface area contributed by atoms with Crippen LogP contribution in [-0.4, -0.2) is 70.4 Å². The van der Waals surface area contributed by atoms with Crippen molar-refractivity contribution in [2.75, 3.05) is 0 Å². The van der Waals surface area contributed by atoms with E-state index in [0.717, 1.165) is 0 Å². The second kappa shape index (κ2) is 7.97. The van der Waals surface area contributed by atoms with Crippen LogP contribution in [0.15, 0.2) is 85.9 Å². The molecule has 20 heteroatoms. The normalized spacial score (nSPS) is 54.2. The molecule has 6 saturated heterocycles. The molecule has 0 aromatic carbocycles. The highest BCUT2D eigenvalue weighted by atomic mass is 28.6. The van der Waals surface area contributed by atoms with Crippen molar-refractivity contribution in [1.82, 2.24) is 0 Å². The highest BCUT2D eigenvalue weighted by Crippen LogP contribution is 2.49. The van der Waals surface area contributed by atoms with Gasteiger partial charge < -0.3 is 49.4 Å². The highest BCUT2D eigenvalue weighted by molar-refractivity contribution is 7.07. The van der Waals surface area contributed by atoms with E-state index in [1.54, 1.807) is 6.55 Å². The maximum Gasteiger partial charge on any atom is 0.507 e. The summed E-state index contributed by atoms with van der Waals surface area (Å²) in [6.07, 6.45) is 0. The zero-order valence-electron chi connectivity index (χ0n) is 18.9. The third kappa shape index (κ3) is 3.87. The first-order chi connectivity index (χ1) is 16.4. The molecule has 0 unspecified atom stereocenters. The predicted molar refractivity (Wildman–Crippen MR) is 136 cm³/mol. The van der Waals surface area contributed by atoms with Gasteiger partial charge in [-0.25, -0.2) is 0 Å². The van der Waals surface area contributed by atoms with Crippen LogP contribution in [0.25, 0.3) is 0 Å². The van der Waals surface area contributed by atoms with Gasteiger partial charge in [0.25, 0.3) is 0 Å². The summed E-state index contributed by atoms with van der Waals surface area (Å²) in [6, 6.07) is 0. The fraction of sp³-hybridized carbons (Fsp3) is 0.0667. The minimum atomic E-state index is -4.07. The molecule has 8 bridgehead atoms. The predicted octanol–water partition coefficient (Wildman–Crippen LogP) is 1.47. The van der Waals surface area contributed by atoms with Gasteiger partial charge in [0.1, 0.15) is 0 Å². The first kappa shape index (κ1) is 26.1. The molecule has 0 aromatic heterocycles. The summed E-state index contributed by atoms with van der Waals surface area (Å²) in [5.74, 6) is 0. The first-order valence-corrected chi connectivity index (χ1v) is 25.1. The molecular formula is C15H24O12Si8. The Morgan fingerprint density at radius 2 is 0.457 bits per heavy atom. The van der Waals surface area contributed by atoms with Crippen LogP contribution in [0.5, 0.6) is 0 Å². The number of hydrogen-bond donors (Lipinski definition) is 0. The van der Waals surface area contributed by atoms with Gasteiger partial charge in [0.2, 0.25) is 0 Å². The molecule has 6 aliphatic heterocycles. The minimum Gasteiger partial charge on any atom is -0.370 e. The average Bonchev–Trinajstić information content (AvgIpc) is 2.78. The minimum absolute atomic E-state index is 1.37. The molecule has 0 saturated carbocycles. The molecule has 6 heterocycles. The van der Waals surface area contributed by atoms with Crippen molar-refractivity contribution in [1.29, 1.82) is 0 Å².